The van der Waals surface area contributed by atoms with Gasteiger partial charge >= 0.3 is 0 Å². The summed E-state index contributed by atoms with van der Waals surface area (Å²) in [5.41, 5.74) is 3.25. The Hall–Kier alpha value is -3.58. The molecule has 1 heterocycles. The predicted molar refractivity (Wildman–Crippen MR) is 122 cm³/mol. The van der Waals surface area contributed by atoms with E-state index in [-0.39, 0.29) is 17.5 Å². The molecule has 4 rings (SSSR count). The Morgan fingerprint density at radius 2 is 1.71 bits per heavy atom. The van der Waals surface area contributed by atoms with Crippen LogP contribution in [0.2, 0.25) is 0 Å². The molecule has 156 valence electrons. The first-order valence-corrected chi connectivity index (χ1v) is 10.6. The lowest BCUT2D eigenvalue weighted by molar-refractivity contribution is -0.113. The molecule has 0 atom stereocenters. The summed E-state index contributed by atoms with van der Waals surface area (Å²) in [6, 6.07) is 23.1. The second-order valence-corrected chi connectivity index (χ2v) is 7.67. The summed E-state index contributed by atoms with van der Waals surface area (Å²) in [4.78, 5) is 20.5. The first-order chi connectivity index (χ1) is 15.1. The number of thioether (sulfide) groups is 1. The van der Waals surface area contributed by atoms with Crippen molar-refractivity contribution in [1.29, 1.82) is 0 Å². The summed E-state index contributed by atoms with van der Waals surface area (Å²) in [5.74, 6) is 1.10. The van der Waals surface area contributed by atoms with Gasteiger partial charge in [-0.3, -0.25) is 4.79 Å². The van der Waals surface area contributed by atoms with Gasteiger partial charge in [-0.1, -0.05) is 42.1 Å². The van der Waals surface area contributed by atoms with Gasteiger partial charge in [0, 0.05) is 16.8 Å². The number of amides is 1. The molecular formula is C24H20FN3O2S. The van der Waals surface area contributed by atoms with Gasteiger partial charge in [0.1, 0.15) is 22.4 Å². The highest BCUT2D eigenvalue weighted by Gasteiger charge is 2.15. The third-order valence-electron chi connectivity index (χ3n) is 4.56. The number of hydrogen-bond acceptors (Lipinski definition) is 4. The maximum absolute atomic E-state index is 13.3. The van der Waals surface area contributed by atoms with Crippen LogP contribution in [0.25, 0.3) is 22.6 Å². The van der Waals surface area contributed by atoms with E-state index in [4.69, 9.17) is 4.74 Å². The second-order valence-electron chi connectivity index (χ2n) is 6.70. The summed E-state index contributed by atoms with van der Waals surface area (Å²) >= 11 is 1.34. The number of halogens is 1. The number of H-pyrrole nitrogens is 1. The van der Waals surface area contributed by atoms with Crippen LogP contribution in [0.4, 0.5) is 10.1 Å². The van der Waals surface area contributed by atoms with E-state index >= 15 is 0 Å². The number of carbonyl (C=O) groups excluding carboxylic acids is 1. The van der Waals surface area contributed by atoms with Crippen LogP contribution in [-0.4, -0.2) is 28.7 Å². The van der Waals surface area contributed by atoms with Crippen LogP contribution in [0, 0.1) is 5.82 Å². The van der Waals surface area contributed by atoms with Gasteiger partial charge in [-0.05, 0) is 48.5 Å². The van der Waals surface area contributed by atoms with E-state index in [1.165, 1.54) is 23.9 Å². The SMILES string of the molecule is COc1ccc(NC(=O)CSc2nc(-c3ccc(F)cc3)[nH]c2-c2ccccc2)cc1. The number of methoxy groups -OCH3 is 1. The van der Waals surface area contributed by atoms with Crippen molar-refractivity contribution in [3.8, 4) is 28.4 Å². The minimum atomic E-state index is -0.302. The van der Waals surface area contributed by atoms with Crippen molar-refractivity contribution in [3.05, 3.63) is 84.7 Å². The number of carbonyl (C=O) groups is 1. The second kappa shape index (κ2) is 9.49. The molecule has 0 bridgehead atoms. The lowest BCUT2D eigenvalue weighted by Gasteiger charge is -2.06. The Morgan fingerprint density at radius 1 is 1.00 bits per heavy atom. The van der Waals surface area contributed by atoms with E-state index in [0.29, 0.717) is 16.5 Å². The van der Waals surface area contributed by atoms with Gasteiger partial charge in [-0.25, -0.2) is 9.37 Å². The van der Waals surface area contributed by atoms with Crippen LogP contribution >= 0.6 is 11.8 Å². The number of imidazole rings is 1. The van der Waals surface area contributed by atoms with Crippen LogP contribution < -0.4 is 10.1 Å². The zero-order valence-electron chi connectivity index (χ0n) is 16.8. The average Bonchev–Trinajstić information content (AvgIpc) is 3.23. The number of hydrogen-bond donors (Lipinski definition) is 2. The van der Waals surface area contributed by atoms with Crippen molar-refractivity contribution < 1.29 is 13.9 Å². The van der Waals surface area contributed by atoms with Crippen molar-refractivity contribution in [1.82, 2.24) is 9.97 Å². The fraction of sp³-hybridized carbons (Fsp3) is 0.0833. The van der Waals surface area contributed by atoms with Crippen LogP contribution in [0.3, 0.4) is 0 Å². The fourth-order valence-corrected chi connectivity index (χ4v) is 3.82. The highest BCUT2D eigenvalue weighted by atomic mass is 32.2. The standard InChI is InChI=1S/C24H20FN3O2S/c1-30-20-13-11-19(12-14-20)26-21(29)15-31-24-22(16-5-3-2-4-6-16)27-23(28-24)17-7-9-18(25)10-8-17/h2-14H,15H2,1H3,(H,26,29)(H,27,28). The summed E-state index contributed by atoms with van der Waals surface area (Å²) < 4.78 is 18.4. The van der Waals surface area contributed by atoms with Crippen LogP contribution in [-0.2, 0) is 4.79 Å². The molecule has 0 radical (unpaired) electrons. The molecular weight excluding hydrogens is 413 g/mol. The highest BCUT2D eigenvalue weighted by Crippen LogP contribution is 2.32. The molecule has 0 saturated heterocycles. The fourth-order valence-electron chi connectivity index (χ4n) is 3.01. The first kappa shape index (κ1) is 20.7. The first-order valence-electron chi connectivity index (χ1n) is 9.60. The lowest BCUT2D eigenvalue weighted by Crippen LogP contribution is -2.14. The summed E-state index contributed by atoms with van der Waals surface area (Å²) in [6.07, 6.45) is 0. The molecule has 0 fully saturated rings. The Labute approximate surface area is 183 Å². The minimum Gasteiger partial charge on any atom is -0.497 e. The Balaban J connectivity index is 1.53. The van der Waals surface area contributed by atoms with Crippen LogP contribution in [0.5, 0.6) is 5.75 Å². The highest BCUT2D eigenvalue weighted by molar-refractivity contribution is 8.00. The van der Waals surface area contributed by atoms with Gasteiger partial charge in [0.25, 0.3) is 0 Å². The third kappa shape index (κ3) is 5.13. The summed E-state index contributed by atoms with van der Waals surface area (Å²) in [5, 5.41) is 3.58. The Bertz CT molecular complexity index is 1160. The summed E-state index contributed by atoms with van der Waals surface area (Å²) in [7, 11) is 1.60. The van der Waals surface area contributed by atoms with E-state index in [0.717, 1.165) is 22.6 Å². The van der Waals surface area contributed by atoms with Crippen molar-refractivity contribution in [2.75, 3.05) is 18.2 Å². The number of nitrogens with one attached hydrogen (secondary N) is 2. The van der Waals surface area contributed by atoms with Gasteiger partial charge in [0.2, 0.25) is 5.91 Å². The molecule has 1 aromatic heterocycles. The number of nitrogens with zero attached hydrogens (tertiary/aromatic N) is 1. The lowest BCUT2D eigenvalue weighted by atomic mass is 10.2. The van der Waals surface area contributed by atoms with Gasteiger partial charge in [0.15, 0.2) is 0 Å². The van der Waals surface area contributed by atoms with Gasteiger partial charge in [0.05, 0.1) is 18.6 Å². The zero-order valence-corrected chi connectivity index (χ0v) is 17.6. The molecule has 0 aliphatic carbocycles. The van der Waals surface area contributed by atoms with Gasteiger partial charge < -0.3 is 15.0 Å². The van der Waals surface area contributed by atoms with Crippen molar-refractivity contribution in [2.45, 2.75) is 5.03 Å². The number of rotatable bonds is 7. The monoisotopic (exact) mass is 433 g/mol. The van der Waals surface area contributed by atoms with E-state index in [1.54, 1.807) is 43.5 Å². The van der Waals surface area contributed by atoms with Crippen molar-refractivity contribution >= 4 is 23.4 Å². The number of aromatic nitrogens is 2. The molecule has 7 heteroatoms. The molecule has 3 aromatic carbocycles. The quantitative estimate of drug-likeness (QED) is 0.371. The number of aromatic amines is 1. The number of ether oxygens (including phenoxy) is 1. The maximum Gasteiger partial charge on any atom is 0.234 e. The van der Waals surface area contributed by atoms with Crippen molar-refractivity contribution in [3.63, 3.8) is 0 Å². The van der Waals surface area contributed by atoms with Crippen LogP contribution in [0.1, 0.15) is 0 Å². The van der Waals surface area contributed by atoms with Crippen LogP contribution in [0.15, 0.2) is 83.9 Å². The Kier molecular flexibility index (Phi) is 6.33. The molecule has 31 heavy (non-hydrogen) atoms. The maximum atomic E-state index is 13.3. The zero-order chi connectivity index (χ0) is 21.6. The molecule has 0 saturated carbocycles. The van der Waals surface area contributed by atoms with Crippen molar-refractivity contribution in [2.24, 2.45) is 0 Å². The largest absolute Gasteiger partial charge is 0.497 e. The molecule has 0 unspecified atom stereocenters. The molecule has 1 amide bonds. The molecule has 2 N–H and O–H groups in total. The number of anilines is 1. The molecule has 4 aromatic rings. The normalized spacial score (nSPS) is 10.6. The molecule has 0 spiro atoms. The van der Waals surface area contributed by atoms with Gasteiger partial charge in [-0.15, -0.1) is 0 Å². The van der Waals surface area contributed by atoms with E-state index in [2.05, 4.69) is 15.3 Å². The molecule has 0 aliphatic heterocycles. The molecule has 5 nitrogen and oxygen atoms in total. The van der Waals surface area contributed by atoms with E-state index < -0.39 is 0 Å². The number of benzene rings is 3. The van der Waals surface area contributed by atoms with Gasteiger partial charge in [-0.2, -0.15) is 0 Å². The third-order valence-corrected chi connectivity index (χ3v) is 5.54. The van der Waals surface area contributed by atoms with E-state index in [9.17, 15) is 9.18 Å². The predicted octanol–water partition coefficient (Wildman–Crippen LogP) is 5.62. The molecule has 0 aliphatic rings. The smallest absolute Gasteiger partial charge is 0.234 e. The van der Waals surface area contributed by atoms with E-state index in [1.807, 2.05) is 30.3 Å². The summed E-state index contributed by atoms with van der Waals surface area (Å²) in [6.45, 7) is 0. The minimum absolute atomic E-state index is 0.138. The topological polar surface area (TPSA) is 67.0 Å². The Morgan fingerprint density at radius 3 is 2.39 bits per heavy atom. The average molecular weight is 434 g/mol.